The van der Waals surface area contributed by atoms with Gasteiger partial charge in [-0.2, -0.15) is 0 Å². The van der Waals surface area contributed by atoms with Crippen molar-refractivity contribution in [1.29, 1.82) is 0 Å². The molecule has 54 heavy (non-hydrogen) atoms. The van der Waals surface area contributed by atoms with E-state index in [-0.39, 0.29) is 0 Å². The van der Waals surface area contributed by atoms with E-state index in [1.807, 2.05) is 72.8 Å². The maximum Gasteiger partial charge on any atom is 0.164 e. The first-order chi connectivity index (χ1) is 26.7. The van der Waals surface area contributed by atoms with E-state index >= 15 is 0 Å². The van der Waals surface area contributed by atoms with Crippen LogP contribution < -0.4 is 0 Å². The Kier molecular flexibility index (Phi) is 8.81. The lowest BCUT2D eigenvalue weighted by atomic mass is 9.97. The Labute approximate surface area is 313 Å². The molecule has 0 amide bonds. The summed E-state index contributed by atoms with van der Waals surface area (Å²) in [6.45, 7) is 0. The molecule has 0 saturated heterocycles. The van der Waals surface area contributed by atoms with Crippen molar-refractivity contribution in [3.05, 3.63) is 194 Å². The lowest BCUT2D eigenvalue weighted by molar-refractivity contribution is 1.07. The Morgan fingerprint density at radius 2 is 0.593 bits per heavy atom. The molecule has 0 radical (unpaired) electrons. The van der Waals surface area contributed by atoms with E-state index in [9.17, 15) is 0 Å². The standard InChI is InChI=1S/C48H32N6/c1-3-12-33(13-4-1)34-20-24-37(25-21-34)47-52-46(36-14-5-2-6-15-36)53-48(54-47)38-26-22-35(23-27-38)39-16-11-17-40(30-39)41-31-44(42-18-7-9-28-49-42)51-45(32-41)43-19-8-10-29-50-43/h1-32H. The molecule has 0 saturated carbocycles. The van der Waals surface area contributed by atoms with Gasteiger partial charge in [0.2, 0.25) is 0 Å². The van der Waals surface area contributed by atoms with Crippen molar-refractivity contribution in [3.8, 4) is 90.3 Å². The van der Waals surface area contributed by atoms with Crippen molar-refractivity contribution in [1.82, 2.24) is 29.9 Å². The van der Waals surface area contributed by atoms with Gasteiger partial charge in [0.1, 0.15) is 0 Å². The molecule has 254 valence electrons. The Morgan fingerprint density at radius 1 is 0.222 bits per heavy atom. The second kappa shape index (κ2) is 14.7. The summed E-state index contributed by atoms with van der Waals surface area (Å²) in [5, 5.41) is 0. The summed E-state index contributed by atoms with van der Waals surface area (Å²) in [7, 11) is 0. The van der Waals surface area contributed by atoms with Crippen LogP contribution in [0.1, 0.15) is 0 Å². The molecule has 6 nitrogen and oxygen atoms in total. The number of benzene rings is 5. The minimum atomic E-state index is 0.618. The molecule has 5 aromatic carbocycles. The highest BCUT2D eigenvalue weighted by Crippen LogP contribution is 2.33. The van der Waals surface area contributed by atoms with Gasteiger partial charge in [0.05, 0.1) is 22.8 Å². The van der Waals surface area contributed by atoms with E-state index in [2.05, 4.69) is 119 Å². The van der Waals surface area contributed by atoms with Gasteiger partial charge in [0, 0.05) is 29.1 Å². The van der Waals surface area contributed by atoms with E-state index < -0.39 is 0 Å². The minimum Gasteiger partial charge on any atom is -0.255 e. The van der Waals surface area contributed by atoms with Gasteiger partial charge in [0.25, 0.3) is 0 Å². The van der Waals surface area contributed by atoms with Crippen LogP contribution in [-0.2, 0) is 0 Å². The Balaban J connectivity index is 1.06. The van der Waals surface area contributed by atoms with Crippen LogP contribution in [0.25, 0.3) is 90.3 Å². The highest BCUT2D eigenvalue weighted by molar-refractivity contribution is 5.79. The first kappa shape index (κ1) is 32.5. The number of nitrogens with zero attached hydrogens (tertiary/aromatic N) is 6. The number of rotatable bonds is 8. The molecule has 4 heterocycles. The SMILES string of the molecule is c1ccc(-c2ccc(-c3nc(-c4ccccc4)nc(-c4ccc(-c5cccc(-c6cc(-c7ccccn7)nc(-c7ccccn7)c6)c5)cc4)n3)cc2)cc1. The monoisotopic (exact) mass is 692 g/mol. The maximum atomic E-state index is 4.99. The molecular formula is C48H32N6. The molecule has 4 aromatic heterocycles. The number of hydrogen-bond acceptors (Lipinski definition) is 6. The topological polar surface area (TPSA) is 77.3 Å². The maximum absolute atomic E-state index is 4.99. The van der Waals surface area contributed by atoms with Crippen molar-refractivity contribution in [3.63, 3.8) is 0 Å². The average molecular weight is 693 g/mol. The van der Waals surface area contributed by atoms with Crippen LogP contribution in [0.15, 0.2) is 194 Å². The van der Waals surface area contributed by atoms with Crippen LogP contribution in [0.2, 0.25) is 0 Å². The first-order valence-corrected chi connectivity index (χ1v) is 17.8. The van der Waals surface area contributed by atoms with Gasteiger partial charge in [-0.05, 0) is 75.8 Å². The average Bonchev–Trinajstić information content (AvgIpc) is 3.27. The second-order valence-electron chi connectivity index (χ2n) is 12.8. The lowest BCUT2D eigenvalue weighted by Crippen LogP contribution is -2.00. The van der Waals surface area contributed by atoms with Gasteiger partial charge in [0.15, 0.2) is 17.5 Å². The molecule has 0 atom stereocenters. The van der Waals surface area contributed by atoms with Gasteiger partial charge >= 0.3 is 0 Å². The van der Waals surface area contributed by atoms with E-state index in [0.29, 0.717) is 17.5 Å². The molecule has 9 rings (SSSR count). The van der Waals surface area contributed by atoms with E-state index in [1.54, 1.807) is 12.4 Å². The molecular weight excluding hydrogens is 661 g/mol. The molecule has 6 heteroatoms. The highest BCUT2D eigenvalue weighted by Gasteiger charge is 2.14. The van der Waals surface area contributed by atoms with Crippen LogP contribution >= 0.6 is 0 Å². The summed E-state index contributed by atoms with van der Waals surface area (Å²) in [6.07, 6.45) is 3.58. The zero-order chi connectivity index (χ0) is 36.1. The summed E-state index contributed by atoms with van der Waals surface area (Å²) in [4.78, 5) is 29.0. The van der Waals surface area contributed by atoms with Gasteiger partial charge < -0.3 is 0 Å². The summed E-state index contributed by atoms with van der Waals surface area (Å²) < 4.78 is 0. The van der Waals surface area contributed by atoms with Gasteiger partial charge in [-0.25, -0.2) is 19.9 Å². The normalized spacial score (nSPS) is 11.0. The van der Waals surface area contributed by atoms with E-state index in [4.69, 9.17) is 19.9 Å². The van der Waals surface area contributed by atoms with Crippen LogP contribution in [0, 0.1) is 0 Å². The van der Waals surface area contributed by atoms with Crippen molar-refractivity contribution in [2.75, 3.05) is 0 Å². The van der Waals surface area contributed by atoms with Crippen LogP contribution in [0.3, 0.4) is 0 Å². The summed E-state index contributed by atoms with van der Waals surface area (Å²) in [5.41, 5.74) is 12.6. The Hall–Kier alpha value is -7.44. The molecule has 0 aliphatic rings. The molecule has 9 aromatic rings. The van der Waals surface area contributed by atoms with Crippen molar-refractivity contribution < 1.29 is 0 Å². The van der Waals surface area contributed by atoms with Crippen molar-refractivity contribution in [2.45, 2.75) is 0 Å². The zero-order valence-corrected chi connectivity index (χ0v) is 29.2. The van der Waals surface area contributed by atoms with E-state index in [1.165, 1.54) is 5.56 Å². The molecule has 0 bridgehead atoms. The van der Waals surface area contributed by atoms with Crippen LogP contribution in [0.4, 0.5) is 0 Å². The molecule has 0 aliphatic carbocycles. The second-order valence-corrected chi connectivity index (χ2v) is 12.8. The zero-order valence-electron chi connectivity index (χ0n) is 29.2. The predicted molar refractivity (Wildman–Crippen MR) is 217 cm³/mol. The largest absolute Gasteiger partial charge is 0.255 e. The molecule has 0 spiro atoms. The van der Waals surface area contributed by atoms with Gasteiger partial charge in [-0.15, -0.1) is 0 Å². The smallest absolute Gasteiger partial charge is 0.164 e. The van der Waals surface area contributed by atoms with Gasteiger partial charge in [-0.3, -0.25) is 9.97 Å². The van der Waals surface area contributed by atoms with Crippen molar-refractivity contribution in [2.24, 2.45) is 0 Å². The minimum absolute atomic E-state index is 0.618. The van der Waals surface area contributed by atoms with Gasteiger partial charge in [-0.1, -0.05) is 140 Å². The van der Waals surface area contributed by atoms with Crippen LogP contribution in [0.5, 0.6) is 0 Å². The third-order valence-corrected chi connectivity index (χ3v) is 9.27. The quantitative estimate of drug-likeness (QED) is 0.158. The summed E-state index contributed by atoms with van der Waals surface area (Å²) in [5.74, 6) is 1.88. The fourth-order valence-electron chi connectivity index (χ4n) is 6.47. The molecule has 0 N–H and O–H groups in total. The first-order valence-electron chi connectivity index (χ1n) is 17.8. The van der Waals surface area contributed by atoms with E-state index in [0.717, 1.165) is 67.3 Å². The third kappa shape index (κ3) is 6.92. The number of hydrogen-bond donors (Lipinski definition) is 0. The number of aromatic nitrogens is 6. The highest BCUT2D eigenvalue weighted by atomic mass is 15.0. The predicted octanol–water partition coefficient (Wildman–Crippen LogP) is 11.4. The third-order valence-electron chi connectivity index (χ3n) is 9.27. The summed E-state index contributed by atoms with van der Waals surface area (Å²) >= 11 is 0. The molecule has 0 fully saturated rings. The van der Waals surface area contributed by atoms with Crippen molar-refractivity contribution >= 4 is 0 Å². The fourth-order valence-corrected chi connectivity index (χ4v) is 6.47. The Bertz CT molecular complexity index is 2610. The summed E-state index contributed by atoms with van der Waals surface area (Å²) in [6, 6.07) is 61.7. The molecule has 0 aliphatic heterocycles. The lowest BCUT2D eigenvalue weighted by Gasteiger charge is -2.11. The Morgan fingerprint density at radius 3 is 1.07 bits per heavy atom. The fraction of sp³-hybridized carbons (Fsp3) is 0. The molecule has 0 unspecified atom stereocenters. The number of pyridine rings is 3. The van der Waals surface area contributed by atoms with Crippen LogP contribution in [-0.4, -0.2) is 29.9 Å².